The Balaban J connectivity index is 2.88. The van der Waals surface area contributed by atoms with E-state index in [9.17, 15) is 20.0 Å². The van der Waals surface area contributed by atoms with Crippen LogP contribution in [0.15, 0.2) is 18.2 Å². The van der Waals surface area contributed by atoms with Gasteiger partial charge in [0.25, 0.3) is 5.69 Å². The number of benzene rings is 1. The Hall–Kier alpha value is -2.11. The van der Waals surface area contributed by atoms with Gasteiger partial charge in [0.2, 0.25) is 0 Å². The van der Waals surface area contributed by atoms with Gasteiger partial charge in [-0.2, -0.15) is 0 Å². The molecule has 16 heavy (non-hydrogen) atoms. The molecule has 0 saturated heterocycles. The highest BCUT2D eigenvalue weighted by molar-refractivity contribution is 5.73. The molecule has 0 aliphatic carbocycles. The number of nitro groups is 1. The van der Waals surface area contributed by atoms with Crippen LogP contribution in [0.2, 0.25) is 0 Å². The van der Waals surface area contributed by atoms with Gasteiger partial charge in [0, 0.05) is 6.07 Å². The first kappa shape index (κ1) is 12.0. The maximum atomic E-state index is 11.1. The van der Waals surface area contributed by atoms with Crippen LogP contribution in [0.5, 0.6) is 5.75 Å². The third-order valence-corrected chi connectivity index (χ3v) is 1.83. The molecule has 0 unspecified atom stereocenters. The lowest BCUT2D eigenvalue weighted by Gasteiger charge is -2.02. The van der Waals surface area contributed by atoms with Crippen LogP contribution in [-0.4, -0.2) is 22.6 Å². The van der Waals surface area contributed by atoms with Crippen LogP contribution in [0.4, 0.5) is 5.69 Å². The molecule has 0 aliphatic heterocycles. The van der Waals surface area contributed by atoms with Crippen molar-refractivity contribution in [2.24, 2.45) is 0 Å². The van der Waals surface area contributed by atoms with E-state index >= 15 is 0 Å². The van der Waals surface area contributed by atoms with Crippen LogP contribution in [0, 0.1) is 10.1 Å². The van der Waals surface area contributed by atoms with E-state index in [1.54, 1.807) is 6.92 Å². The second-order valence-corrected chi connectivity index (χ2v) is 3.10. The van der Waals surface area contributed by atoms with E-state index in [1.807, 2.05) is 0 Å². The summed E-state index contributed by atoms with van der Waals surface area (Å²) in [5, 5.41) is 19.7. The molecule has 0 saturated carbocycles. The van der Waals surface area contributed by atoms with Gasteiger partial charge in [-0.1, -0.05) is 0 Å². The van der Waals surface area contributed by atoms with Gasteiger partial charge in [-0.3, -0.25) is 14.9 Å². The number of hydrogen-bond acceptors (Lipinski definition) is 5. The van der Waals surface area contributed by atoms with Crippen LogP contribution in [0.25, 0.3) is 0 Å². The summed E-state index contributed by atoms with van der Waals surface area (Å²) in [7, 11) is 0. The number of ether oxygens (including phenoxy) is 1. The molecule has 1 aromatic carbocycles. The smallest absolute Gasteiger partial charge is 0.310 e. The van der Waals surface area contributed by atoms with Crippen molar-refractivity contribution in [3.8, 4) is 5.75 Å². The molecule has 1 rings (SSSR count). The van der Waals surface area contributed by atoms with Gasteiger partial charge in [-0.05, 0) is 18.6 Å². The lowest BCUT2D eigenvalue weighted by atomic mass is 10.1. The summed E-state index contributed by atoms with van der Waals surface area (Å²) < 4.78 is 4.70. The lowest BCUT2D eigenvalue weighted by Crippen LogP contribution is -2.07. The quantitative estimate of drug-likeness (QED) is 0.475. The molecule has 6 heteroatoms. The first-order chi connectivity index (χ1) is 7.52. The van der Waals surface area contributed by atoms with E-state index in [0.29, 0.717) is 5.56 Å². The predicted molar refractivity (Wildman–Crippen MR) is 55.1 cm³/mol. The number of phenols is 1. The van der Waals surface area contributed by atoms with Crippen molar-refractivity contribution in [1.29, 1.82) is 0 Å². The number of aromatic hydroxyl groups is 1. The second kappa shape index (κ2) is 5.11. The van der Waals surface area contributed by atoms with Crippen molar-refractivity contribution in [3.05, 3.63) is 33.9 Å². The van der Waals surface area contributed by atoms with Crippen molar-refractivity contribution in [2.75, 3.05) is 6.61 Å². The van der Waals surface area contributed by atoms with Gasteiger partial charge in [0.05, 0.1) is 24.0 Å². The summed E-state index contributed by atoms with van der Waals surface area (Å²) in [6.07, 6.45) is -0.0942. The fourth-order valence-corrected chi connectivity index (χ4v) is 1.24. The van der Waals surface area contributed by atoms with Crippen LogP contribution >= 0.6 is 0 Å². The zero-order chi connectivity index (χ0) is 12.1. The second-order valence-electron chi connectivity index (χ2n) is 3.10. The molecule has 0 amide bonds. The zero-order valence-corrected chi connectivity index (χ0v) is 8.67. The molecule has 0 radical (unpaired) electrons. The minimum Gasteiger partial charge on any atom is -0.508 e. The average Bonchev–Trinajstić information content (AvgIpc) is 2.16. The molecule has 0 spiro atoms. The Morgan fingerprint density at radius 3 is 2.75 bits per heavy atom. The van der Waals surface area contributed by atoms with Crippen molar-refractivity contribution >= 4 is 11.7 Å². The van der Waals surface area contributed by atoms with Gasteiger partial charge >= 0.3 is 5.97 Å². The Bertz CT molecular complexity index is 416. The monoisotopic (exact) mass is 225 g/mol. The highest BCUT2D eigenvalue weighted by Crippen LogP contribution is 2.21. The molecule has 0 heterocycles. The molecule has 0 bridgehead atoms. The number of esters is 1. The fraction of sp³-hybridized carbons (Fsp3) is 0.300. The third kappa shape index (κ3) is 3.23. The Morgan fingerprint density at radius 2 is 2.19 bits per heavy atom. The molecule has 1 aromatic rings. The summed E-state index contributed by atoms with van der Waals surface area (Å²) >= 11 is 0. The van der Waals surface area contributed by atoms with E-state index in [-0.39, 0.29) is 24.5 Å². The lowest BCUT2D eigenvalue weighted by molar-refractivity contribution is -0.385. The third-order valence-electron chi connectivity index (χ3n) is 1.83. The molecule has 0 aliphatic rings. The van der Waals surface area contributed by atoms with Crippen LogP contribution in [0.3, 0.4) is 0 Å². The fourth-order valence-electron chi connectivity index (χ4n) is 1.24. The Kier molecular flexibility index (Phi) is 3.82. The molecule has 0 fully saturated rings. The normalized spacial score (nSPS) is 9.81. The number of carbonyl (C=O) groups excluding carboxylic acids is 1. The number of carbonyl (C=O) groups is 1. The minimum absolute atomic E-state index is 0.0942. The first-order valence-corrected chi connectivity index (χ1v) is 4.66. The average molecular weight is 225 g/mol. The van der Waals surface area contributed by atoms with E-state index < -0.39 is 10.9 Å². The number of non-ortho nitro benzene ring substituents is 1. The van der Waals surface area contributed by atoms with E-state index in [2.05, 4.69) is 0 Å². The first-order valence-electron chi connectivity index (χ1n) is 4.66. The molecule has 0 aromatic heterocycles. The van der Waals surface area contributed by atoms with Crippen LogP contribution < -0.4 is 0 Å². The summed E-state index contributed by atoms with van der Waals surface area (Å²) in [6, 6.07) is 3.55. The standard InChI is InChI=1S/C10H11NO5/c1-2-16-10(13)5-7-3-8(11(14)15)6-9(12)4-7/h3-4,6,12H,2,5H2,1H3. The van der Waals surface area contributed by atoms with Crippen molar-refractivity contribution in [1.82, 2.24) is 0 Å². The Labute approximate surface area is 91.6 Å². The zero-order valence-electron chi connectivity index (χ0n) is 8.67. The molecular formula is C10H11NO5. The molecule has 0 atom stereocenters. The van der Waals surface area contributed by atoms with Crippen LogP contribution in [0.1, 0.15) is 12.5 Å². The highest BCUT2D eigenvalue weighted by Gasteiger charge is 2.12. The van der Waals surface area contributed by atoms with E-state index in [0.717, 1.165) is 6.07 Å². The van der Waals surface area contributed by atoms with Gasteiger partial charge in [0.1, 0.15) is 5.75 Å². The number of nitrogens with zero attached hydrogens (tertiary/aromatic N) is 1. The summed E-state index contributed by atoms with van der Waals surface area (Å²) in [4.78, 5) is 21.0. The summed E-state index contributed by atoms with van der Waals surface area (Å²) in [5.74, 6) is -0.726. The number of hydrogen-bond donors (Lipinski definition) is 1. The van der Waals surface area contributed by atoms with Gasteiger partial charge in [0.15, 0.2) is 0 Å². The molecule has 6 nitrogen and oxygen atoms in total. The van der Waals surface area contributed by atoms with Gasteiger partial charge in [-0.15, -0.1) is 0 Å². The molecular weight excluding hydrogens is 214 g/mol. The predicted octanol–water partition coefficient (Wildman–Crippen LogP) is 1.41. The van der Waals surface area contributed by atoms with Gasteiger partial charge in [-0.25, -0.2) is 0 Å². The SMILES string of the molecule is CCOC(=O)Cc1cc(O)cc([N+](=O)[O-])c1. The largest absolute Gasteiger partial charge is 0.508 e. The van der Waals surface area contributed by atoms with E-state index in [1.165, 1.54) is 12.1 Å². The summed E-state index contributed by atoms with van der Waals surface area (Å²) in [6.45, 7) is 1.92. The summed E-state index contributed by atoms with van der Waals surface area (Å²) in [5.41, 5.74) is 0.101. The van der Waals surface area contributed by atoms with Crippen molar-refractivity contribution in [3.63, 3.8) is 0 Å². The molecule has 86 valence electrons. The maximum Gasteiger partial charge on any atom is 0.310 e. The van der Waals surface area contributed by atoms with Crippen molar-refractivity contribution < 1.29 is 19.6 Å². The minimum atomic E-state index is -0.631. The van der Waals surface area contributed by atoms with Crippen molar-refractivity contribution in [2.45, 2.75) is 13.3 Å². The maximum absolute atomic E-state index is 11.1. The molecule has 1 N–H and O–H groups in total. The van der Waals surface area contributed by atoms with E-state index in [4.69, 9.17) is 4.74 Å². The van der Waals surface area contributed by atoms with Gasteiger partial charge < -0.3 is 9.84 Å². The number of phenolic OH excluding ortho intramolecular Hbond substituents is 1. The highest BCUT2D eigenvalue weighted by atomic mass is 16.6. The topological polar surface area (TPSA) is 89.7 Å². The van der Waals surface area contributed by atoms with Crippen LogP contribution in [-0.2, 0) is 16.0 Å². The number of nitro benzene ring substituents is 1. The number of rotatable bonds is 4. The Morgan fingerprint density at radius 1 is 1.50 bits per heavy atom.